The lowest BCUT2D eigenvalue weighted by atomic mass is 10.0. The second kappa shape index (κ2) is 28.5. The number of unbranched alkanes of at least 4 members (excludes halogenated alkanes) is 10. The highest BCUT2D eigenvalue weighted by molar-refractivity contribution is 6.30. The standard InChI is InChI=1S/C36H37N3.C14H23N.C11H8ClN/c1-2-3-4-5-6-7-14-29-21-23-32(24-22-29)39(33-17-12-15-30(27-33)35-19-8-10-25-37-35)34-18-13-16-31(28-34)36-20-9-11-26-38-36;1-2-3-4-5-6-7-8-13-9-11-14(15)12-10-13;12-10-5-3-4-9(8-10)11-6-1-2-7-13-11/h8-13,15-28H,2-7,14H2,1H3;9-12H,2-8,15H2,1H3;1-8H. The summed E-state index contributed by atoms with van der Waals surface area (Å²) in [4.78, 5) is 15.7. The van der Waals surface area contributed by atoms with Crippen LogP contribution in [0.15, 0.2) is 195 Å². The fourth-order valence-electron chi connectivity index (χ4n) is 8.02. The topological polar surface area (TPSA) is 67.9 Å². The maximum atomic E-state index is 5.87. The summed E-state index contributed by atoms with van der Waals surface area (Å²) in [6.45, 7) is 4.53. The molecule has 0 saturated carbocycles. The molecule has 5 nitrogen and oxygen atoms in total. The molecule has 0 spiro atoms. The maximum absolute atomic E-state index is 5.87. The van der Waals surface area contributed by atoms with E-state index in [1.807, 2.05) is 91.3 Å². The van der Waals surface area contributed by atoms with E-state index in [0.717, 1.165) is 68.0 Å². The van der Waals surface area contributed by atoms with Crippen molar-refractivity contribution in [1.29, 1.82) is 0 Å². The van der Waals surface area contributed by atoms with Crippen LogP contribution in [0.25, 0.3) is 33.8 Å². The normalized spacial score (nSPS) is 10.6. The highest BCUT2D eigenvalue weighted by Gasteiger charge is 2.15. The number of anilines is 4. The van der Waals surface area contributed by atoms with Gasteiger partial charge in [-0.25, -0.2) is 0 Å². The third-order valence-corrected chi connectivity index (χ3v) is 12.0. The summed E-state index contributed by atoms with van der Waals surface area (Å²) in [6.07, 6.45) is 23.9. The zero-order chi connectivity index (χ0) is 46.7. The summed E-state index contributed by atoms with van der Waals surface area (Å²) >= 11 is 5.87. The van der Waals surface area contributed by atoms with Crippen LogP contribution in [0.4, 0.5) is 22.7 Å². The Morgan fingerprint density at radius 2 is 0.791 bits per heavy atom. The molecular weight excluding hydrogens is 838 g/mol. The van der Waals surface area contributed by atoms with Gasteiger partial charge in [-0.1, -0.05) is 169 Å². The Morgan fingerprint density at radius 3 is 1.21 bits per heavy atom. The van der Waals surface area contributed by atoms with Crippen LogP contribution >= 0.6 is 11.6 Å². The molecule has 8 aromatic rings. The molecule has 0 atom stereocenters. The molecule has 0 radical (unpaired) electrons. The molecule has 3 aromatic heterocycles. The fraction of sp³-hybridized carbons (Fsp3) is 0.262. The number of nitrogen functional groups attached to an aromatic ring is 1. The van der Waals surface area contributed by atoms with Gasteiger partial charge in [0, 0.05) is 63.1 Å². The Morgan fingerprint density at radius 1 is 0.388 bits per heavy atom. The van der Waals surface area contributed by atoms with Gasteiger partial charge in [0.2, 0.25) is 0 Å². The van der Waals surface area contributed by atoms with E-state index in [1.165, 1.54) is 94.6 Å². The van der Waals surface area contributed by atoms with E-state index in [2.05, 4.69) is 131 Å². The molecular formula is C61H68ClN5. The van der Waals surface area contributed by atoms with Gasteiger partial charge >= 0.3 is 0 Å². The number of aryl methyl sites for hydroxylation is 2. The second-order valence-corrected chi connectivity index (χ2v) is 17.5. The van der Waals surface area contributed by atoms with Crippen molar-refractivity contribution in [3.8, 4) is 33.8 Å². The number of hydrogen-bond donors (Lipinski definition) is 1. The molecule has 67 heavy (non-hydrogen) atoms. The van der Waals surface area contributed by atoms with Gasteiger partial charge < -0.3 is 10.6 Å². The van der Waals surface area contributed by atoms with Crippen LogP contribution in [0.2, 0.25) is 5.02 Å². The number of hydrogen-bond acceptors (Lipinski definition) is 5. The summed E-state index contributed by atoms with van der Waals surface area (Å²) in [5.74, 6) is 0. The first-order valence-electron chi connectivity index (χ1n) is 24.4. The predicted octanol–water partition coefficient (Wildman–Crippen LogP) is 17.8. The van der Waals surface area contributed by atoms with Gasteiger partial charge in [0.1, 0.15) is 0 Å². The molecule has 0 amide bonds. The average molecular weight is 907 g/mol. The number of pyridine rings is 3. The van der Waals surface area contributed by atoms with E-state index in [9.17, 15) is 0 Å². The van der Waals surface area contributed by atoms with E-state index in [0.29, 0.717) is 0 Å². The number of nitrogens with zero attached hydrogens (tertiary/aromatic N) is 4. The predicted molar refractivity (Wildman–Crippen MR) is 287 cm³/mol. The number of benzene rings is 5. The van der Waals surface area contributed by atoms with Crippen molar-refractivity contribution in [2.24, 2.45) is 0 Å². The van der Waals surface area contributed by atoms with Crippen LogP contribution in [0, 0.1) is 0 Å². The zero-order valence-corrected chi connectivity index (χ0v) is 40.4. The highest BCUT2D eigenvalue weighted by atomic mass is 35.5. The van der Waals surface area contributed by atoms with E-state index in [4.69, 9.17) is 17.3 Å². The van der Waals surface area contributed by atoms with E-state index in [1.54, 1.807) is 6.20 Å². The lowest BCUT2D eigenvalue weighted by Gasteiger charge is -2.26. The first-order chi connectivity index (χ1) is 33.0. The molecule has 3 heterocycles. The van der Waals surface area contributed by atoms with Gasteiger partial charge in [0.05, 0.1) is 17.1 Å². The Balaban J connectivity index is 0.000000214. The van der Waals surface area contributed by atoms with Crippen LogP contribution in [-0.4, -0.2) is 15.0 Å². The molecule has 0 aliphatic rings. The van der Waals surface area contributed by atoms with Gasteiger partial charge in [-0.15, -0.1) is 0 Å². The molecule has 5 aromatic carbocycles. The Bertz CT molecular complexity index is 2480. The molecule has 0 saturated heterocycles. The van der Waals surface area contributed by atoms with E-state index >= 15 is 0 Å². The van der Waals surface area contributed by atoms with Crippen molar-refractivity contribution in [3.63, 3.8) is 0 Å². The molecule has 8 rings (SSSR count). The summed E-state index contributed by atoms with van der Waals surface area (Å²) in [7, 11) is 0. The maximum Gasteiger partial charge on any atom is 0.0702 e. The molecule has 0 aliphatic heterocycles. The molecule has 0 unspecified atom stereocenters. The number of nitrogens with two attached hydrogens (primary N) is 1. The van der Waals surface area contributed by atoms with Crippen LogP contribution in [-0.2, 0) is 12.8 Å². The molecule has 0 fully saturated rings. The molecule has 0 bridgehead atoms. The number of aromatic nitrogens is 3. The monoisotopic (exact) mass is 906 g/mol. The van der Waals surface area contributed by atoms with E-state index < -0.39 is 0 Å². The van der Waals surface area contributed by atoms with Crippen molar-refractivity contribution in [3.05, 3.63) is 211 Å². The van der Waals surface area contributed by atoms with Gasteiger partial charge in [0.15, 0.2) is 0 Å². The Hall–Kier alpha value is -6.56. The third kappa shape index (κ3) is 17.0. The highest BCUT2D eigenvalue weighted by Crippen LogP contribution is 2.38. The Labute approximate surface area is 406 Å². The van der Waals surface area contributed by atoms with E-state index in [-0.39, 0.29) is 0 Å². The largest absolute Gasteiger partial charge is 0.399 e. The van der Waals surface area contributed by atoms with Crippen LogP contribution in [0.3, 0.4) is 0 Å². The van der Waals surface area contributed by atoms with Gasteiger partial charge in [-0.2, -0.15) is 0 Å². The lowest BCUT2D eigenvalue weighted by molar-refractivity contribution is 0.607. The lowest BCUT2D eigenvalue weighted by Crippen LogP contribution is -2.10. The van der Waals surface area contributed by atoms with Crippen molar-refractivity contribution < 1.29 is 0 Å². The molecule has 344 valence electrons. The van der Waals surface area contributed by atoms with Crippen molar-refractivity contribution in [2.75, 3.05) is 10.6 Å². The van der Waals surface area contributed by atoms with Crippen molar-refractivity contribution in [2.45, 2.75) is 104 Å². The quantitative estimate of drug-likeness (QED) is 0.0609. The van der Waals surface area contributed by atoms with Gasteiger partial charge in [-0.05, 0) is 134 Å². The minimum Gasteiger partial charge on any atom is -0.399 e. The molecule has 0 aliphatic carbocycles. The van der Waals surface area contributed by atoms with Crippen LogP contribution < -0.4 is 10.6 Å². The molecule has 6 heteroatoms. The summed E-state index contributed by atoms with van der Waals surface area (Å²) in [5.41, 5.74) is 18.8. The number of halogens is 1. The first-order valence-corrected chi connectivity index (χ1v) is 24.8. The third-order valence-electron chi connectivity index (χ3n) is 11.7. The second-order valence-electron chi connectivity index (χ2n) is 17.0. The van der Waals surface area contributed by atoms with Gasteiger partial charge in [0.25, 0.3) is 0 Å². The minimum absolute atomic E-state index is 0.739. The smallest absolute Gasteiger partial charge is 0.0702 e. The minimum atomic E-state index is 0.739. The fourth-order valence-corrected chi connectivity index (χ4v) is 8.21. The summed E-state index contributed by atoms with van der Waals surface area (Å²) < 4.78 is 0. The average Bonchev–Trinajstić information content (AvgIpc) is 3.38. The van der Waals surface area contributed by atoms with Crippen LogP contribution in [0.1, 0.15) is 102 Å². The SMILES string of the molecule is CCCCCCCCc1ccc(N(c2cccc(-c3ccccn3)c2)c2cccc(-c3ccccn3)c2)cc1.CCCCCCCCc1ccc(N)cc1.Clc1cccc(-c2ccccn2)c1. The summed E-state index contributed by atoms with van der Waals surface area (Å²) in [5, 5.41) is 0.739. The van der Waals surface area contributed by atoms with Crippen LogP contribution in [0.5, 0.6) is 0 Å². The zero-order valence-electron chi connectivity index (χ0n) is 39.6. The van der Waals surface area contributed by atoms with Crippen molar-refractivity contribution >= 4 is 34.4 Å². The van der Waals surface area contributed by atoms with Gasteiger partial charge in [-0.3, -0.25) is 15.0 Å². The number of rotatable bonds is 20. The molecule has 2 N–H and O–H groups in total. The first kappa shape index (κ1) is 49.9. The summed E-state index contributed by atoms with van der Waals surface area (Å²) in [6, 6.07) is 60.2. The van der Waals surface area contributed by atoms with Crippen molar-refractivity contribution in [1.82, 2.24) is 15.0 Å². The Kier molecular flexibility index (Phi) is 21.2.